The van der Waals surface area contributed by atoms with E-state index in [9.17, 15) is 4.79 Å². The Hall–Kier alpha value is -0.390. The standard InChI is InChI=1S/C10H15BrN2OS/c1-2-12-5-3-6-13-10(14)9-8(11)4-7-15-9/h4,7,12H,2-3,5-6H2,1H3,(H,13,14). The smallest absolute Gasteiger partial charge is 0.262 e. The molecule has 1 heterocycles. The van der Waals surface area contributed by atoms with Gasteiger partial charge in [0.15, 0.2) is 0 Å². The molecule has 0 atom stereocenters. The maximum absolute atomic E-state index is 11.6. The van der Waals surface area contributed by atoms with Crippen LogP contribution in [0.25, 0.3) is 0 Å². The molecular formula is C10H15BrN2OS. The quantitative estimate of drug-likeness (QED) is 0.789. The van der Waals surface area contributed by atoms with Crippen LogP contribution >= 0.6 is 27.3 Å². The molecule has 1 amide bonds. The molecule has 1 aromatic heterocycles. The van der Waals surface area contributed by atoms with Gasteiger partial charge in [-0.15, -0.1) is 11.3 Å². The molecule has 1 rings (SSSR count). The van der Waals surface area contributed by atoms with E-state index in [1.807, 2.05) is 11.4 Å². The van der Waals surface area contributed by atoms with E-state index in [4.69, 9.17) is 0 Å². The van der Waals surface area contributed by atoms with Gasteiger partial charge in [0.25, 0.3) is 5.91 Å². The summed E-state index contributed by atoms with van der Waals surface area (Å²) >= 11 is 4.79. The van der Waals surface area contributed by atoms with Crippen molar-refractivity contribution in [3.63, 3.8) is 0 Å². The number of hydrogen-bond acceptors (Lipinski definition) is 3. The molecule has 0 aromatic carbocycles. The monoisotopic (exact) mass is 290 g/mol. The van der Waals surface area contributed by atoms with Crippen molar-refractivity contribution < 1.29 is 4.79 Å². The molecule has 84 valence electrons. The molecule has 0 fully saturated rings. The van der Waals surface area contributed by atoms with Crippen molar-refractivity contribution >= 4 is 33.2 Å². The number of hydrogen-bond donors (Lipinski definition) is 2. The molecule has 2 N–H and O–H groups in total. The molecule has 0 aliphatic heterocycles. The van der Waals surface area contributed by atoms with Crippen molar-refractivity contribution in [3.05, 3.63) is 20.8 Å². The highest BCUT2D eigenvalue weighted by Gasteiger charge is 2.09. The zero-order valence-electron chi connectivity index (χ0n) is 8.68. The molecule has 0 unspecified atom stereocenters. The molecule has 0 aliphatic rings. The van der Waals surface area contributed by atoms with Crippen LogP contribution in [0.15, 0.2) is 15.9 Å². The highest BCUT2D eigenvalue weighted by molar-refractivity contribution is 9.10. The summed E-state index contributed by atoms with van der Waals surface area (Å²) in [5, 5.41) is 8.00. The SMILES string of the molecule is CCNCCCNC(=O)c1sccc1Br. The molecule has 3 nitrogen and oxygen atoms in total. The first-order valence-corrected chi connectivity index (χ1v) is 6.65. The number of halogens is 1. The maximum Gasteiger partial charge on any atom is 0.262 e. The normalized spacial score (nSPS) is 10.3. The van der Waals surface area contributed by atoms with Crippen LogP contribution in [0.3, 0.4) is 0 Å². The van der Waals surface area contributed by atoms with Gasteiger partial charge >= 0.3 is 0 Å². The van der Waals surface area contributed by atoms with Crippen LogP contribution in [-0.4, -0.2) is 25.5 Å². The van der Waals surface area contributed by atoms with Gasteiger partial charge in [-0.25, -0.2) is 0 Å². The predicted molar refractivity (Wildman–Crippen MR) is 67.5 cm³/mol. The van der Waals surface area contributed by atoms with Crippen LogP contribution in [0.1, 0.15) is 23.0 Å². The Morgan fingerprint density at radius 3 is 2.93 bits per heavy atom. The van der Waals surface area contributed by atoms with Crippen LogP contribution in [-0.2, 0) is 0 Å². The van der Waals surface area contributed by atoms with Crippen LogP contribution in [0, 0.1) is 0 Å². The summed E-state index contributed by atoms with van der Waals surface area (Å²) in [5.41, 5.74) is 0. The first kappa shape index (κ1) is 12.7. The van der Waals surface area contributed by atoms with Crippen LogP contribution < -0.4 is 10.6 Å². The lowest BCUT2D eigenvalue weighted by Crippen LogP contribution is -2.26. The fourth-order valence-electron chi connectivity index (χ4n) is 1.13. The first-order chi connectivity index (χ1) is 7.25. The molecule has 0 bridgehead atoms. The summed E-state index contributed by atoms with van der Waals surface area (Å²) in [6, 6.07) is 1.89. The Morgan fingerprint density at radius 1 is 1.53 bits per heavy atom. The second-order valence-electron chi connectivity index (χ2n) is 3.06. The fraction of sp³-hybridized carbons (Fsp3) is 0.500. The fourth-order valence-corrected chi connectivity index (χ4v) is 2.60. The number of rotatable bonds is 6. The third-order valence-corrected chi connectivity index (χ3v) is 3.73. The minimum Gasteiger partial charge on any atom is -0.351 e. The average molecular weight is 291 g/mol. The Balaban J connectivity index is 2.22. The molecule has 0 saturated heterocycles. The van der Waals surface area contributed by atoms with Gasteiger partial charge in [0.05, 0.1) is 0 Å². The minimum absolute atomic E-state index is 0.00775. The zero-order valence-corrected chi connectivity index (χ0v) is 11.1. The lowest BCUT2D eigenvalue weighted by atomic mass is 10.4. The summed E-state index contributed by atoms with van der Waals surface area (Å²) in [4.78, 5) is 12.4. The third kappa shape index (κ3) is 4.32. The van der Waals surface area contributed by atoms with Gasteiger partial charge in [-0.2, -0.15) is 0 Å². The summed E-state index contributed by atoms with van der Waals surface area (Å²) < 4.78 is 0.872. The summed E-state index contributed by atoms with van der Waals surface area (Å²) in [5.74, 6) is 0.00775. The van der Waals surface area contributed by atoms with Gasteiger partial charge in [0, 0.05) is 11.0 Å². The molecule has 15 heavy (non-hydrogen) atoms. The second-order valence-corrected chi connectivity index (χ2v) is 4.83. The van der Waals surface area contributed by atoms with Gasteiger partial charge in [0.2, 0.25) is 0 Å². The van der Waals surface area contributed by atoms with Gasteiger partial charge in [-0.3, -0.25) is 4.79 Å². The summed E-state index contributed by atoms with van der Waals surface area (Å²) in [6.45, 7) is 4.71. The van der Waals surface area contributed by atoms with Gasteiger partial charge in [-0.05, 0) is 46.9 Å². The largest absolute Gasteiger partial charge is 0.351 e. The summed E-state index contributed by atoms with van der Waals surface area (Å²) in [6.07, 6.45) is 0.961. The van der Waals surface area contributed by atoms with E-state index in [1.54, 1.807) is 0 Å². The number of amides is 1. The lowest BCUT2D eigenvalue weighted by molar-refractivity contribution is 0.0956. The Labute approximate surface area is 102 Å². The van der Waals surface area contributed by atoms with Crippen molar-refractivity contribution in [3.8, 4) is 0 Å². The van der Waals surface area contributed by atoms with E-state index >= 15 is 0 Å². The topological polar surface area (TPSA) is 41.1 Å². The Kier molecular flexibility index (Phi) is 5.90. The van der Waals surface area contributed by atoms with Crippen molar-refractivity contribution in [2.24, 2.45) is 0 Å². The van der Waals surface area contributed by atoms with Crippen molar-refractivity contribution in [2.75, 3.05) is 19.6 Å². The molecular weight excluding hydrogens is 276 g/mol. The first-order valence-electron chi connectivity index (χ1n) is 4.97. The van der Waals surface area contributed by atoms with Crippen molar-refractivity contribution in [1.82, 2.24) is 10.6 Å². The number of carbonyl (C=O) groups excluding carboxylic acids is 1. The van der Waals surface area contributed by atoms with Crippen LogP contribution in [0.2, 0.25) is 0 Å². The molecule has 0 saturated carbocycles. The third-order valence-electron chi connectivity index (χ3n) is 1.89. The molecule has 0 spiro atoms. The van der Waals surface area contributed by atoms with E-state index in [-0.39, 0.29) is 5.91 Å². The van der Waals surface area contributed by atoms with E-state index in [0.717, 1.165) is 35.4 Å². The molecule has 5 heteroatoms. The molecule has 0 aliphatic carbocycles. The number of carbonyl (C=O) groups is 1. The van der Waals surface area contributed by atoms with E-state index in [1.165, 1.54) is 11.3 Å². The number of thiophene rings is 1. The van der Waals surface area contributed by atoms with Crippen molar-refractivity contribution in [1.29, 1.82) is 0 Å². The highest BCUT2D eigenvalue weighted by atomic mass is 79.9. The minimum atomic E-state index is 0.00775. The Bertz CT molecular complexity index is 314. The van der Waals surface area contributed by atoms with Gasteiger partial charge in [-0.1, -0.05) is 6.92 Å². The van der Waals surface area contributed by atoms with E-state index in [2.05, 4.69) is 33.5 Å². The van der Waals surface area contributed by atoms with Crippen LogP contribution in [0.4, 0.5) is 0 Å². The predicted octanol–water partition coefficient (Wildman–Crippen LogP) is 2.24. The second kappa shape index (κ2) is 6.98. The van der Waals surface area contributed by atoms with Crippen LogP contribution in [0.5, 0.6) is 0 Å². The van der Waals surface area contributed by atoms with Gasteiger partial charge < -0.3 is 10.6 Å². The molecule has 1 aromatic rings. The average Bonchev–Trinajstić information content (AvgIpc) is 2.64. The highest BCUT2D eigenvalue weighted by Crippen LogP contribution is 2.22. The Morgan fingerprint density at radius 2 is 2.33 bits per heavy atom. The zero-order chi connectivity index (χ0) is 11.1. The van der Waals surface area contributed by atoms with E-state index < -0.39 is 0 Å². The van der Waals surface area contributed by atoms with Crippen molar-refractivity contribution in [2.45, 2.75) is 13.3 Å². The van der Waals surface area contributed by atoms with Gasteiger partial charge in [0.1, 0.15) is 4.88 Å². The number of nitrogens with one attached hydrogen (secondary N) is 2. The summed E-state index contributed by atoms with van der Waals surface area (Å²) in [7, 11) is 0. The maximum atomic E-state index is 11.6. The molecule has 0 radical (unpaired) electrons. The lowest BCUT2D eigenvalue weighted by Gasteiger charge is -2.04. The van der Waals surface area contributed by atoms with E-state index in [0.29, 0.717) is 0 Å².